The number of piperazine rings is 1. The first-order chi connectivity index (χ1) is 11.3. The molecule has 1 unspecified atom stereocenters. The van der Waals surface area contributed by atoms with Crippen LogP contribution in [-0.4, -0.2) is 36.3 Å². The van der Waals surface area contributed by atoms with Crippen LogP contribution in [0, 0.1) is 0 Å². The molecule has 2 aromatic rings. The van der Waals surface area contributed by atoms with Gasteiger partial charge in [0.05, 0.1) is 4.47 Å². The molecule has 1 N–H and O–H groups in total. The molecule has 1 aromatic heterocycles. The Bertz CT molecular complexity index is 696. The number of pyridine rings is 1. The van der Waals surface area contributed by atoms with Crippen molar-refractivity contribution >= 4 is 15.9 Å². The van der Waals surface area contributed by atoms with Gasteiger partial charge in [0, 0.05) is 44.6 Å². The van der Waals surface area contributed by atoms with Gasteiger partial charge in [0.2, 0.25) is 6.79 Å². The predicted octanol–water partition coefficient (Wildman–Crippen LogP) is 2.72. The molecular weight excluding hydrogens is 358 g/mol. The van der Waals surface area contributed by atoms with Crippen LogP contribution in [0.5, 0.6) is 11.5 Å². The zero-order chi connectivity index (χ0) is 15.6. The molecule has 1 atom stereocenters. The summed E-state index contributed by atoms with van der Waals surface area (Å²) in [7, 11) is 0. The van der Waals surface area contributed by atoms with Crippen molar-refractivity contribution in [3.05, 3.63) is 52.3 Å². The average molecular weight is 376 g/mol. The van der Waals surface area contributed by atoms with E-state index in [0.717, 1.165) is 42.2 Å². The van der Waals surface area contributed by atoms with E-state index in [0.29, 0.717) is 12.8 Å². The quantitative estimate of drug-likeness (QED) is 0.893. The number of benzene rings is 1. The van der Waals surface area contributed by atoms with E-state index < -0.39 is 0 Å². The van der Waals surface area contributed by atoms with Crippen molar-refractivity contribution in [2.45, 2.75) is 12.6 Å². The lowest BCUT2D eigenvalue weighted by Crippen LogP contribution is -2.45. The third kappa shape index (κ3) is 3.06. The summed E-state index contributed by atoms with van der Waals surface area (Å²) >= 11 is 3.58. The Morgan fingerprint density at radius 2 is 2.13 bits per heavy atom. The molecule has 0 spiro atoms. The Balaban J connectivity index is 1.58. The molecule has 3 heterocycles. The normalized spacial score (nSPS) is 20.7. The molecule has 2 aliphatic heterocycles. The van der Waals surface area contributed by atoms with Crippen molar-refractivity contribution in [3.8, 4) is 11.5 Å². The third-order valence-corrected chi connectivity index (χ3v) is 4.91. The molecule has 6 heteroatoms. The van der Waals surface area contributed by atoms with Crippen molar-refractivity contribution in [1.82, 2.24) is 15.2 Å². The van der Waals surface area contributed by atoms with Gasteiger partial charge in [-0.1, -0.05) is 0 Å². The molecule has 0 aliphatic carbocycles. The minimum Gasteiger partial charge on any atom is -0.454 e. The molecular formula is C17H18BrN3O2. The molecule has 0 bridgehead atoms. The van der Waals surface area contributed by atoms with Crippen LogP contribution in [-0.2, 0) is 6.54 Å². The molecule has 1 saturated heterocycles. The first-order valence-corrected chi connectivity index (χ1v) is 8.53. The van der Waals surface area contributed by atoms with E-state index in [1.165, 1.54) is 11.1 Å². The summed E-state index contributed by atoms with van der Waals surface area (Å²) in [5.41, 5.74) is 2.52. The zero-order valence-electron chi connectivity index (χ0n) is 12.7. The van der Waals surface area contributed by atoms with Crippen LogP contribution in [0.1, 0.15) is 17.2 Å². The Kier molecular flexibility index (Phi) is 4.20. The largest absolute Gasteiger partial charge is 0.454 e. The zero-order valence-corrected chi connectivity index (χ0v) is 14.3. The lowest BCUT2D eigenvalue weighted by Gasteiger charge is -2.36. The summed E-state index contributed by atoms with van der Waals surface area (Å²) in [6, 6.07) is 8.76. The second kappa shape index (κ2) is 6.47. The number of nitrogens with zero attached hydrogens (tertiary/aromatic N) is 2. The van der Waals surface area contributed by atoms with Crippen LogP contribution >= 0.6 is 15.9 Å². The molecule has 2 aliphatic rings. The van der Waals surface area contributed by atoms with Gasteiger partial charge < -0.3 is 14.8 Å². The highest BCUT2D eigenvalue weighted by Gasteiger charge is 2.25. The second-order valence-corrected chi connectivity index (χ2v) is 6.64. The summed E-state index contributed by atoms with van der Waals surface area (Å²) in [6.45, 7) is 4.15. The summed E-state index contributed by atoms with van der Waals surface area (Å²) < 4.78 is 12.0. The number of fused-ring (bicyclic) bond motifs is 1. The Hall–Kier alpha value is -1.63. The SMILES string of the molecule is Brc1cc(CN2CCNCC2c2ccncc2)cc2c1OCO2. The van der Waals surface area contributed by atoms with Crippen molar-refractivity contribution in [2.75, 3.05) is 26.4 Å². The lowest BCUT2D eigenvalue weighted by molar-refractivity contribution is 0.153. The first-order valence-electron chi connectivity index (χ1n) is 7.74. The van der Waals surface area contributed by atoms with E-state index in [1.807, 2.05) is 12.4 Å². The van der Waals surface area contributed by atoms with Gasteiger partial charge in [0.15, 0.2) is 11.5 Å². The topological polar surface area (TPSA) is 46.6 Å². The Labute approximate surface area is 143 Å². The number of aromatic nitrogens is 1. The number of halogens is 1. The van der Waals surface area contributed by atoms with E-state index in [4.69, 9.17) is 9.47 Å². The maximum atomic E-state index is 5.53. The predicted molar refractivity (Wildman–Crippen MR) is 90.5 cm³/mol. The highest BCUT2D eigenvalue weighted by atomic mass is 79.9. The Morgan fingerprint density at radius 3 is 3.00 bits per heavy atom. The van der Waals surface area contributed by atoms with Crippen molar-refractivity contribution in [1.29, 1.82) is 0 Å². The van der Waals surface area contributed by atoms with Gasteiger partial charge in [-0.15, -0.1) is 0 Å². The van der Waals surface area contributed by atoms with Gasteiger partial charge in [-0.25, -0.2) is 0 Å². The minimum atomic E-state index is 0.296. The van der Waals surface area contributed by atoms with Crippen molar-refractivity contribution in [3.63, 3.8) is 0 Å². The first kappa shape index (κ1) is 14.9. The molecule has 23 heavy (non-hydrogen) atoms. The van der Waals surface area contributed by atoms with Crippen LogP contribution in [0.2, 0.25) is 0 Å². The van der Waals surface area contributed by atoms with E-state index >= 15 is 0 Å². The van der Waals surface area contributed by atoms with Crippen molar-refractivity contribution < 1.29 is 9.47 Å². The van der Waals surface area contributed by atoms with Gasteiger partial charge in [-0.2, -0.15) is 0 Å². The minimum absolute atomic E-state index is 0.296. The van der Waals surface area contributed by atoms with E-state index in [1.54, 1.807) is 0 Å². The number of ether oxygens (including phenoxy) is 2. The van der Waals surface area contributed by atoms with Crippen LogP contribution in [0.3, 0.4) is 0 Å². The van der Waals surface area contributed by atoms with Gasteiger partial charge >= 0.3 is 0 Å². The average Bonchev–Trinajstić information content (AvgIpc) is 3.05. The maximum absolute atomic E-state index is 5.53. The lowest BCUT2D eigenvalue weighted by atomic mass is 10.0. The fraction of sp³-hybridized carbons (Fsp3) is 0.353. The smallest absolute Gasteiger partial charge is 0.231 e. The number of rotatable bonds is 3. The summed E-state index contributed by atoms with van der Waals surface area (Å²) in [5.74, 6) is 1.63. The van der Waals surface area contributed by atoms with Crippen LogP contribution < -0.4 is 14.8 Å². The third-order valence-electron chi connectivity index (χ3n) is 4.32. The standard InChI is InChI=1S/C17H18BrN3O2/c18-14-7-12(8-16-17(14)23-11-22-16)10-21-6-5-20-9-15(21)13-1-3-19-4-2-13/h1-4,7-8,15,20H,5-6,9-11H2. The van der Waals surface area contributed by atoms with E-state index in [-0.39, 0.29) is 0 Å². The fourth-order valence-electron chi connectivity index (χ4n) is 3.20. The molecule has 0 radical (unpaired) electrons. The van der Waals surface area contributed by atoms with Gasteiger partial charge in [-0.3, -0.25) is 9.88 Å². The second-order valence-electron chi connectivity index (χ2n) is 5.78. The number of hydrogen-bond acceptors (Lipinski definition) is 5. The van der Waals surface area contributed by atoms with E-state index in [9.17, 15) is 0 Å². The van der Waals surface area contributed by atoms with Gasteiger partial charge in [0.1, 0.15) is 0 Å². The summed E-state index contributed by atoms with van der Waals surface area (Å²) in [6.07, 6.45) is 3.72. The maximum Gasteiger partial charge on any atom is 0.231 e. The van der Waals surface area contributed by atoms with E-state index in [2.05, 4.69) is 55.4 Å². The summed E-state index contributed by atoms with van der Waals surface area (Å²) in [4.78, 5) is 6.62. The molecule has 0 saturated carbocycles. The molecule has 5 nitrogen and oxygen atoms in total. The molecule has 0 amide bonds. The summed E-state index contributed by atoms with van der Waals surface area (Å²) in [5, 5.41) is 3.49. The van der Waals surface area contributed by atoms with Crippen molar-refractivity contribution in [2.24, 2.45) is 0 Å². The van der Waals surface area contributed by atoms with Crippen LogP contribution in [0.15, 0.2) is 41.1 Å². The number of hydrogen-bond donors (Lipinski definition) is 1. The molecule has 4 rings (SSSR count). The molecule has 120 valence electrons. The Morgan fingerprint density at radius 1 is 1.26 bits per heavy atom. The highest BCUT2D eigenvalue weighted by molar-refractivity contribution is 9.10. The fourth-order valence-corrected chi connectivity index (χ4v) is 3.80. The van der Waals surface area contributed by atoms with Gasteiger partial charge in [-0.05, 0) is 51.3 Å². The number of nitrogens with one attached hydrogen (secondary N) is 1. The molecule has 1 aromatic carbocycles. The highest BCUT2D eigenvalue weighted by Crippen LogP contribution is 2.40. The van der Waals surface area contributed by atoms with Crippen LogP contribution in [0.4, 0.5) is 0 Å². The molecule has 1 fully saturated rings. The van der Waals surface area contributed by atoms with Gasteiger partial charge in [0.25, 0.3) is 0 Å². The monoisotopic (exact) mass is 375 g/mol. The van der Waals surface area contributed by atoms with Crippen LogP contribution in [0.25, 0.3) is 0 Å².